The normalized spacial score (nSPS) is 16.0. The van der Waals surface area contributed by atoms with Crippen LogP contribution in [0.4, 0.5) is 0 Å². The third-order valence-corrected chi connectivity index (χ3v) is 5.83. The minimum absolute atomic E-state index is 0.0600. The van der Waals surface area contributed by atoms with Crippen molar-refractivity contribution in [3.63, 3.8) is 0 Å². The summed E-state index contributed by atoms with van der Waals surface area (Å²) in [6.45, 7) is 27.1. The van der Waals surface area contributed by atoms with E-state index >= 15 is 0 Å². The number of quaternary nitrogens is 1. The molecule has 1 atom stereocenters. The highest BCUT2D eigenvalue weighted by Crippen LogP contribution is 2.13. The molecule has 8 heteroatoms. The zero-order valence-corrected chi connectivity index (χ0v) is 28.2. The summed E-state index contributed by atoms with van der Waals surface area (Å²) in [4.78, 5) is 38.1. The number of ether oxygens (including phenoxy) is 1. The molecule has 238 valence electrons. The number of carbonyl (C=O) groups is 3. The number of Topliss-reactive ketones (excluding diaryl/α,β-unsaturated/α-hetero) is 1. The third-order valence-electron chi connectivity index (χ3n) is 5.83. The largest absolute Gasteiger partial charge is 0.461 e. The number of ketones is 1. The van der Waals surface area contributed by atoms with Crippen molar-refractivity contribution in [2.75, 3.05) is 26.2 Å². The van der Waals surface area contributed by atoms with Crippen LogP contribution >= 0.6 is 0 Å². The average molecular weight is 581 g/mol. The molecule has 0 radical (unpaired) electrons. The highest BCUT2D eigenvalue weighted by molar-refractivity contribution is 5.82. The molecule has 1 aliphatic heterocycles. The molecule has 2 N–H and O–H groups in total. The van der Waals surface area contributed by atoms with Gasteiger partial charge in [-0.25, -0.2) is 0 Å². The van der Waals surface area contributed by atoms with Crippen LogP contribution in [0.25, 0.3) is 0 Å². The van der Waals surface area contributed by atoms with Crippen molar-refractivity contribution in [1.82, 2.24) is 10.7 Å². The monoisotopic (exact) mass is 580 g/mol. The van der Waals surface area contributed by atoms with Crippen LogP contribution in [0, 0.1) is 17.8 Å². The number of aldehydes is 1. The summed E-state index contributed by atoms with van der Waals surface area (Å²) in [6, 6.07) is 8.97. The van der Waals surface area contributed by atoms with Crippen molar-refractivity contribution in [3.8, 4) is 0 Å². The molecule has 0 spiro atoms. The minimum Gasteiger partial charge on any atom is -0.461 e. The third kappa shape index (κ3) is 20.4. The number of hydroxylamine groups is 2. The molecule has 1 fully saturated rings. The number of rotatable bonds is 12. The van der Waals surface area contributed by atoms with E-state index < -0.39 is 0 Å². The quantitative estimate of drug-likeness (QED) is 0.176. The van der Waals surface area contributed by atoms with E-state index in [9.17, 15) is 14.4 Å². The van der Waals surface area contributed by atoms with E-state index in [1.165, 1.54) is 12.0 Å². The van der Waals surface area contributed by atoms with Gasteiger partial charge in [-0.15, -0.1) is 5.43 Å². The molecule has 0 aromatic heterocycles. The van der Waals surface area contributed by atoms with E-state index in [0.717, 1.165) is 24.8 Å². The van der Waals surface area contributed by atoms with Gasteiger partial charge >= 0.3 is 5.97 Å². The predicted octanol–water partition coefficient (Wildman–Crippen LogP) is 6.07. The zero-order valence-electron chi connectivity index (χ0n) is 28.2. The topological polar surface area (TPSA) is 93.7 Å². The van der Waals surface area contributed by atoms with E-state index in [0.29, 0.717) is 38.3 Å². The van der Waals surface area contributed by atoms with E-state index in [1.807, 2.05) is 67.5 Å². The van der Waals surface area contributed by atoms with Crippen molar-refractivity contribution >= 4 is 18.0 Å². The summed E-state index contributed by atoms with van der Waals surface area (Å²) in [7, 11) is 0. The standard InChI is InChI=1S/C15H22O2.C8H17NO.C7H15N2O2.C3H8/c1-11(2)9-13-5-7-14(8-6-13)10-17-15(16)12(3)4;1-6(2)8(10)5-9-7(3)4;1-7(2)9(4-5-10)8-3-6-11-9;1-3-2/h5-8,11-12H,9-10H2,1-4H3;6-7,9H,5H2,1-4H3;5,7-8H,3-4,6H2,1-2H3;3H2,1-2H3/q;;+1;. The molecule has 0 amide bonds. The van der Waals surface area contributed by atoms with Crippen LogP contribution in [0.5, 0.6) is 0 Å². The molecule has 1 aromatic carbocycles. The minimum atomic E-state index is -0.142. The van der Waals surface area contributed by atoms with Crippen LogP contribution in [-0.4, -0.2) is 61.1 Å². The Labute approximate surface area is 251 Å². The number of benzene rings is 1. The number of hydrogen-bond donors (Lipinski definition) is 2. The molecule has 1 aromatic rings. The molecule has 0 aliphatic carbocycles. The fourth-order valence-corrected chi connectivity index (χ4v) is 3.33. The molecular weight excluding hydrogens is 518 g/mol. The number of hydrogen-bond acceptors (Lipinski definition) is 7. The second kappa shape index (κ2) is 23.4. The van der Waals surface area contributed by atoms with Crippen LogP contribution in [0.2, 0.25) is 0 Å². The van der Waals surface area contributed by atoms with E-state index in [2.05, 4.69) is 50.6 Å². The maximum Gasteiger partial charge on any atom is 0.308 e. The first-order chi connectivity index (χ1) is 19.1. The number of nitrogens with one attached hydrogen (secondary N) is 2. The number of esters is 1. The Morgan fingerprint density at radius 3 is 1.85 bits per heavy atom. The van der Waals surface area contributed by atoms with Gasteiger partial charge in [0.15, 0.2) is 12.8 Å². The highest BCUT2D eigenvalue weighted by atomic mass is 16.8. The fraction of sp³-hybridized carbons (Fsp3) is 0.727. The molecule has 0 bridgehead atoms. The molecule has 41 heavy (non-hydrogen) atoms. The summed E-state index contributed by atoms with van der Waals surface area (Å²) in [5, 5.41) is 3.08. The van der Waals surface area contributed by atoms with Crippen molar-refractivity contribution in [3.05, 3.63) is 35.4 Å². The van der Waals surface area contributed by atoms with Crippen molar-refractivity contribution in [2.45, 2.75) is 115 Å². The summed E-state index contributed by atoms with van der Waals surface area (Å²) in [5.41, 5.74) is 5.53. The van der Waals surface area contributed by atoms with Crippen LogP contribution < -0.4 is 10.7 Å². The van der Waals surface area contributed by atoms with E-state index in [4.69, 9.17) is 9.57 Å². The molecular formula is C33H62N3O5+. The zero-order chi connectivity index (χ0) is 32.0. The van der Waals surface area contributed by atoms with Gasteiger partial charge in [-0.05, 0) is 37.3 Å². The van der Waals surface area contributed by atoms with Crippen LogP contribution in [0.3, 0.4) is 0 Å². The van der Waals surface area contributed by atoms with E-state index in [1.54, 1.807) is 0 Å². The van der Waals surface area contributed by atoms with Crippen molar-refractivity contribution < 1.29 is 28.7 Å². The lowest BCUT2D eigenvalue weighted by molar-refractivity contribution is -1.13. The maximum absolute atomic E-state index is 11.3. The first-order valence-corrected chi connectivity index (χ1v) is 15.4. The Hall–Kier alpha value is -2.13. The summed E-state index contributed by atoms with van der Waals surface area (Å²) >= 11 is 0. The Morgan fingerprint density at radius 2 is 1.49 bits per heavy atom. The number of carbonyl (C=O) groups excluding carboxylic acids is 3. The van der Waals surface area contributed by atoms with Crippen molar-refractivity contribution in [1.29, 1.82) is 0 Å². The predicted molar refractivity (Wildman–Crippen MR) is 169 cm³/mol. The van der Waals surface area contributed by atoms with Gasteiger partial charge in [0.2, 0.25) is 0 Å². The summed E-state index contributed by atoms with van der Waals surface area (Å²) in [6.07, 6.45) is 3.23. The fourth-order valence-electron chi connectivity index (χ4n) is 3.33. The van der Waals surface area contributed by atoms with Gasteiger partial charge in [-0.2, -0.15) is 4.84 Å². The average Bonchev–Trinajstić information content (AvgIpc) is 3.38. The lowest BCUT2D eigenvalue weighted by atomic mass is 10.0. The Bertz CT molecular complexity index is 815. The van der Waals surface area contributed by atoms with Gasteiger partial charge in [-0.1, -0.05) is 105 Å². The summed E-state index contributed by atoms with van der Waals surface area (Å²) in [5.74, 6) is 0.908. The van der Waals surface area contributed by atoms with Gasteiger partial charge in [0.1, 0.15) is 25.0 Å². The smallest absolute Gasteiger partial charge is 0.308 e. The number of nitrogens with zero attached hydrogens (tertiary/aromatic N) is 1. The van der Waals surface area contributed by atoms with Crippen LogP contribution in [0.1, 0.15) is 101 Å². The van der Waals surface area contributed by atoms with Crippen LogP contribution in [-0.2, 0) is 37.0 Å². The first-order valence-electron chi connectivity index (χ1n) is 15.4. The summed E-state index contributed by atoms with van der Waals surface area (Å²) < 4.78 is 5.45. The van der Waals surface area contributed by atoms with Gasteiger partial charge in [-0.3, -0.25) is 14.4 Å². The molecule has 1 saturated heterocycles. The molecule has 1 heterocycles. The highest BCUT2D eigenvalue weighted by Gasteiger charge is 2.37. The van der Waals surface area contributed by atoms with E-state index in [-0.39, 0.29) is 34.4 Å². The molecule has 1 aliphatic rings. The van der Waals surface area contributed by atoms with Crippen LogP contribution in [0.15, 0.2) is 24.3 Å². The second-order valence-electron chi connectivity index (χ2n) is 12.0. The van der Waals surface area contributed by atoms with Gasteiger partial charge in [0, 0.05) is 12.0 Å². The lowest BCUT2D eigenvalue weighted by Crippen LogP contribution is -2.58. The first kappa shape index (κ1) is 41.0. The van der Waals surface area contributed by atoms with Gasteiger partial charge in [0.05, 0.1) is 19.0 Å². The Balaban J connectivity index is 0. The maximum atomic E-state index is 11.3. The SMILES string of the molecule is CC(C)Cc1ccc(COC(=O)C(C)C)cc1.CC(C)NCC(=O)C(C)C.CC(C)[N+]1(CC=O)NCCO1.CCC. The molecule has 1 unspecified atom stereocenters. The van der Waals surface area contributed by atoms with Gasteiger partial charge in [0.25, 0.3) is 0 Å². The second-order valence-corrected chi connectivity index (χ2v) is 12.0. The van der Waals surface area contributed by atoms with Crippen molar-refractivity contribution in [2.24, 2.45) is 17.8 Å². The molecule has 2 rings (SSSR count). The molecule has 0 saturated carbocycles. The Kier molecular flexibility index (Phi) is 23.4. The Morgan fingerprint density at radius 1 is 0.951 bits per heavy atom. The van der Waals surface area contributed by atoms with Gasteiger partial charge < -0.3 is 10.1 Å². The lowest BCUT2D eigenvalue weighted by Gasteiger charge is -2.30. The molecule has 8 nitrogen and oxygen atoms in total.